The number of aromatic amines is 1. The number of H-pyrrole nitrogens is 1. The Kier molecular flexibility index (Phi) is 11.4. The summed E-state index contributed by atoms with van der Waals surface area (Å²) in [5.74, 6) is -1.09. The molecule has 0 radical (unpaired) electrons. The molecule has 0 bridgehead atoms. The number of hydrogen-bond donors (Lipinski definition) is 4. The second-order valence-electron chi connectivity index (χ2n) is 11.6. The minimum Gasteiger partial charge on any atom is -0.463 e. The van der Waals surface area contributed by atoms with Crippen LogP contribution in [0.4, 0.5) is 5.95 Å². The Balaban J connectivity index is 1.77. The molecule has 0 saturated heterocycles. The molecular formula is C27H43N7O7P+. The van der Waals surface area contributed by atoms with Crippen LogP contribution in [-0.2, 0) is 28.2 Å². The van der Waals surface area contributed by atoms with E-state index in [0.717, 1.165) is 18.4 Å². The van der Waals surface area contributed by atoms with Gasteiger partial charge in [-0.25, -0.2) is 4.98 Å². The number of fused-ring (bicyclic) bond motifs is 1. The van der Waals surface area contributed by atoms with Gasteiger partial charge in [0.05, 0.1) is 11.5 Å². The summed E-state index contributed by atoms with van der Waals surface area (Å²) in [5, 5.41) is 2.78. The zero-order valence-electron chi connectivity index (χ0n) is 25.1. The zero-order chi connectivity index (χ0) is 31.2. The van der Waals surface area contributed by atoms with E-state index in [1.807, 2.05) is 41.5 Å². The lowest BCUT2D eigenvalue weighted by atomic mass is 10.0. The van der Waals surface area contributed by atoms with Gasteiger partial charge < -0.3 is 20.9 Å². The van der Waals surface area contributed by atoms with E-state index in [0.29, 0.717) is 12.8 Å². The molecule has 3 rings (SSSR count). The van der Waals surface area contributed by atoms with Gasteiger partial charge in [0.2, 0.25) is 5.95 Å². The Morgan fingerprint density at radius 3 is 2.60 bits per heavy atom. The van der Waals surface area contributed by atoms with Crippen LogP contribution in [0.2, 0.25) is 0 Å². The molecule has 5 atom stereocenters. The van der Waals surface area contributed by atoms with Gasteiger partial charge >= 0.3 is 20.1 Å². The molecule has 15 heteroatoms. The molecule has 42 heavy (non-hydrogen) atoms. The van der Waals surface area contributed by atoms with Crippen molar-refractivity contribution in [2.75, 3.05) is 18.9 Å². The molecule has 1 fully saturated rings. The number of nitrogen functional groups attached to an aromatic ring is 1. The Morgan fingerprint density at radius 2 is 1.95 bits per heavy atom. The number of carbonyl (C=O) groups is 2. The number of ether oxygens (including phenoxy) is 2. The van der Waals surface area contributed by atoms with Crippen molar-refractivity contribution >= 4 is 43.4 Å². The molecule has 1 unspecified atom stereocenters. The van der Waals surface area contributed by atoms with E-state index >= 15 is 0 Å². The largest absolute Gasteiger partial charge is 0.613 e. The molecule has 2 aromatic heterocycles. The third kappa shape index (κ3) is 8.66. The first kappa shape index (κ1) is 33.3. The van der Waals surface area contributed by atoms with Gasteiger partial charge in [-0.3, -0.25) is 23.9 Å². The summed E-state index contributed by atoms with van der Waals surface area (Å²) in [6, 6.07) is -1.62. The maximum atomic E-state index is 13.0. The molecule has 0 aromatic carbocycles. The molecule has 0 spiro atoms. The number of aromatic nitrogens is 4. The summed E-state index contributed by atoms with van der Waals surface area (Å²) in [6.45, 7) is 11.2. The summed E-state index contributed by atoms with van der Waals surface area (Å²) in [5.41, 5.74) is 11.5. The monoisotopic (exact) mass is 608 g/mol. The van der Waals surface area contributed by atoms with E-state index < -0.39 is 43.2 Å². The maximum Gasteiger partial charge on any atom is 0.613 e. The number of hydrogen-bond acceptors (Lipinski definition) is 11. The maximum absolute atomic E-state index is 13.0. The van der Waals surface area contributed by atoms with Crippen molar-refractivity contribution < 1.29 is 28.2 Å². The number of nitrogens with zero attached hydrogens (tertiary/aromatic N) is 3. The van der Waals surface area contributed by atoms with Crippen LogP contribution in [0.5, 0.6) is 0 Å². The molecule has 0 amide bonds. The highest BCUT2D eigenvalue weighted by atomic mass is 31.1. The predicted molar refractivity (Wildman–Crippen MR) is 158 cm³/mol. The highest BCUT2D eigenvalue weighted by Gasteiger charge is 2.53. The topological polar surface area (TPSA) is 207 Å². The standard InChI is InChI=1S/C27H42N7O7P/c1-7-8-17(6)41-24(36)19(9-15(2)3)33-42(38)40-13-27(12-39-25(37)20(28)16(4)5)10-18(27)11-34-14-30-21-22(34)31-26(29)32-23(21)35/h11,14-17,19-20H,7-10,12-13,28H2,1-6H3,(H3-,29,31,32,33,35,38)/p+1/b18-11-/t17-,19-,20+,27-/m0/s1. The Bertz CT molecular complexity index is 1370. The van der Waals surface area contributed by atoms with E-state index in [1.54, 1.807) is 10.8 Å². The SMILES string of the molecule is CCC[C@H](C)OC(=O)[C@H](CC(C)C)N[P+](=O)OC[C@@]1(COC(=O)[C@H](N)C(C)C)C/C1=C/n1cnc2c(=O)[nH]c(N)nc21. The van der Waals surface area contributed by atoms with Crippen molar-refractivity contribution in [2.24, 2.45) is 23.0 Å². The minimum absolute atomic E-state index is 0.0590. The van der Waals surface area contributed by atoms with Gasteiger partial charge in [-0.05, 0) is 48.2 Å². The highest BCUT2D eigenvalue weighted by molar-refractivity contribution is 7.36. The van der Waals surface area contributed by atoms with Crippen molar-refractivity contribution in [1.29, 1.82) is 0 Å². The predicted octanol–water partition coefficient (Wildman–Crippen LogP) is 2.87. The second kappa shape index (κ2) is 14.3. The molecule has 1 saturated carbocycles. The molecule has 1 aliphatic rings. The van der Waals surface area contributed by atoms with Gasteiger partial charge in [0.25, 0.3) is 5.56 Å². The summed E-state index contributed by atoms with van der Waals surface area (Å²) >= 11 is 0. The number of esters is 2. The molecule has 2 heterocycles. The third-order valence-corrected chi connectivity index (χ3v) is 7.92. The van der Waals surface area contributed by atoms with Crippen molar-refractivity contribution in [2.45, 2.75) is 85.4 Å². The summed E-state index contributed by atoms with van der Waals surface area (Å²) in [4.78, 5) is 48.2. The summed E-state index contributed by atoms with van der Waals surface area (Å²) in [6.07, 6.45) is 5.31. The fourth-order valence-electron chi connectivity index (χ4n) is 4.38. The van der Waals surface area contributed by atoms with E-state index in [1.165, 1.54) is 6.33 Å². The van der Waals surface area contributed by atoms with Crippen LogP contribution in [-0.4, -0.2) is 62.9 Å². The molecule has 2 aromatic rings. The van der Waals surface area contributed by atoms with Gasteiger partial charge in [-0.1, -0.05) is 46.1 Å². The number of carbonyl (C=O) groups excluding carboxylic acids is 2. The van der Waals surface area contributed by atoms with Gasteiger partial charge in [-0.2, -0.15) is 4.98 Å². The molecule has 0 aliphatic heterocycles. The molecule has 232 valence electrons. The van der Waals surface area contributed by atoms with Gasteiger partial charge in [0.1, 0.15) is 25.6 Å². The van der Waals surface area contributed by atoms with Crippen LogP contribution in [0.25, 0.3) is 17.4 Å². The van der Waals surface area contributed by atoms with Crippen LogP contribution < -0.4 is 22.1 Å². The number of nitrogens with one attached hydrogen (secondary N) is 2. The van der Waals surface area contributed by atoms with Crippen LogP contribution in [0.3, 0.4) is 0 Å². The normalized spacial score (nSPS) is 20.1. The molecular weight excluding hydrogens is 565 g/mol. The van der Waals surface area contributed by atoms with Crippen LogP contribution in [0.15, 0.2) is 16.7 Å². The summed E-state index contributed by atoms with van der Waals surface area (Å²) in [7, 11) is -2.48. The van der Waals surface area contributed by atoms with E-state index in [4.69, 9.17) is 25.5 Å². The van der Waals surface area contributed by atoms with Crippen LogP contribution in [0.1, 0.15) is 67.2 Å². The lowest BCUT2D eigenvalue weighted by Gasteiger charge is -2.19. The number of nitrogens with two attached hydrogens (primary N) is 2. The number of anilines is 1. The first-order chi connectivity index (χ1) is 19.8. The Labute approximate surface area is 245 Å². The smallest absolute Gasteiger partial charge is 0.463 e. The highest BCUT2D eigenvalue weighted by Crippen LogP contribution is 2.54. The van der Waals surface area contributed by atoms with Gasteiger partial charge in [0, 0.05) is 6.20 Å². The lowest BCUT2D eigenvalue weighted by molar-refractivity contribution is -0.151. The molecule has 14 nitrogen and oxygen atoms in total. The number of imidazole rings is 1. The third-order valence-electron chi connectivity index (χ3n) is 7.04. The van der Waals surface area contributed by atoms with E-state index in [2.05, 4.69) is 20.0 Å². The first-order valence-electron chi connectivity index (χ1n) is 14.2. The van der Waals surface area contributed by atoms with E-state index in [9.17, 15) is 18.9 Å². The van der Waals surface area contributed by atoms with E-state index in [-0.39, 0.29) is 48.3 Å². The Morgan fingerprint density at radius 1 is 1.24 bits per heavy atom. The van der Waals surface area contributed by atoms with Gasteiger partial charge in [-0.15, -0.1) is 4.52 Å². The zero-order valence-corrected chi connectivity index (χ0v) is 26.0. The van der Waals surface area contributed by atoms with Crippen LogP contribution >= 0.6 is 8.18 Å². The molecule has 6 N–H and O–H groups in total. The van der Waals surface area contributed by atoms with Crippen molar-refractivity contribution in [3.8, 4) is 0 Å². The fourth-order valence-corrected chi connectivity index (χ4v) is 5.28. The van der Waals surface area contributed by atoms with Gasteiger partial charge in [0.15, 0.2) is 17.2 Å². The fraction of sp³-hybridized carbons (Fsp3) is 0.667. The van der Waals surface area contributed by atoms with Crippen LogP contribution in [0, 0.1) is 17.3 Å². The lowest BCUT2D eigenvalue weighted by Crippen LogP contribution is -2.38. The first-order valence-corrected chi connectivity index (χ1v) is 15.4. The quantitative estimate of drug-likeness (QED) is 0.160. The average molecular weight is 609 g/mol. The second-order valence-corrected chi connectivity index (χ2v) is 12.7. The Hall–Kier alpha value is -3.19. The summed E-state index contributed by atoms with van der Waals surface area (Å²) < 4.78 is 31.4. The molecule has 1 aliphatic carbocycles. The van der Waals surface area contributed by atoms with Crippen molar-refractivity contribution in [1.82, 2.24) is 24.6 Å². The van der Waals surface area contributed by atoms with Crippen molar-refractivity contribution in [3.63, 3.8) is 0 Å². The average Bonchev–Trinajstić information content (AvgIpc) is 3.43. The van der Waals surface area contributed by atoms with Crippen molar-refractivity contribution in [3.05, 3.63) is 22.3 Å². The minimum atomic E-state index is -2.48. The number of rotatable bonds is 16.